The molecular weight excluding hydrogens is 285 g/mol. The van der Waals surface area contributed by atoms with E-state index >= 15 is 0 Å². The fourth-order valence-corrected chi connectivity index (χ4v) is 1.86. The van der Waals surface area contributed by atoms with Gasteiger partial charge in [-0.05, 0) is 19.1 Å². The first-order valence-corrected chi connectivity index (χ1v) is 6.10. The summed E-state index contributed by atoms with van der Waals surface area (Å²) in [5, 5.41) is 21.7. The molecule has 1 aromatic heterocycles. The molecule has 112 valence electrons. The molecule has 2 rings (SSSR count). The fourth-order valence-electron chi connectivity index (χ4n) is 1.86. The zero-order valence-electron chi connectivity index (χ0n) is 11.1. The van der Waals surface area contributed by atoms with Gasteiger partial charge in [-0.1, -0.05) is 0 Å². The molecular formula is C14H13F3N2O2. The predicted molar refractivity (Wildman–Crippen MR) is 70.2 cm³/mol. The highest BCUT2D eigenvalue weighted by Crippen LogP contribution is 2.26. The lowest BCUT2D eigenvalue weighted by molar-refractivity contribution is 0.279. The molecule has 0 bridgehead atoms. The van der Waals surface area contributed by atoms with Crippen LogP contribution in [-0.4, -0.2) is 15.2 Å². The molecule has 0 aliphatic heterocycles. The highest BCUT2D eigenvalue weighted by atomic mass is 19.2. The molecule has 1 heterocycles. The van der Waals surface area contributed by atoms with Crippen molar-refractivity contribution in [3.05, 3.63) is 52.6 Å². The summed E-state index contributed by atoms with van der Waals surface area (Å²) in [6.45, 7) is 1.13. The second-order valence-corrected chi connectivity index (χ2v) is 4.43. The normalized spacial score (nSPS) is 10.7. The average Bonchev–Trinajstić information content (AvgIpc) is 2.48. The van der Waals surface area contributed by atoms with Gasteiger partial charge in [0.05, 0.1) is 18.0 Å². The average molecular weight is 298 g/mol. The third-order valence-corrected chi connectivity index (χ3v) is 3.09. The number of hydrogen-bond acceptors (Lipinski definition) is 4. The first-order chi connectivity index (χ1) is 9.95. The van der Waals surface area contributed by atoms with E-state index in [1.807, 2.05) is 0 Å². The molecule has 0 unspecified atom stereocenters. The Morgan fingerprint density at radius 3 is 2.57 bits per heavy atom. The van der Waals surface area contributed by atoms with Crippen LogP contribution in [0.3, 0.4) is 0 Å². The summed E-state index contributed by atoms with van der Waals surface area (Å²) in [5.74, 6) is -4.34. The van der Waals surface area contributed by atoms with Crippen molar-refractivity contribution in [3.8, 4) is 5.75 Å². The van der Waals surface area contributed by atoms with Crippen LogP contribution in [0.1, 0.15) is 16.8 Å². The molecule has 0 atom stereocenters. The number of nitrogens with one attached hydrogen (secondary N) is 1. The van der Waals surface area contributed by atoms with E-state index in [9.17, 15) is 23.4 Å². The zero-order valence-corrected chi connectivity index (χ0v) is 11.1. The van der Waals surface area contributed by atoms with E-state index < -0.39 is 17.5 Å². The van der Waals surface area contributed by atoms with Gasteiger partial charge in [0.25, 0.3) is 0 Å². The quantitative estimate of drug-likeness (QED) is 0.759. The largest absolute Gasteiger partial charge is 0.506 e. The Balaban J connectivity index is 2.29. The molecule has 0 aliphatic carbocycles. The minimum atomic E-state index is -1.57. The number of pyridine rings is 1. The van der Waals surface area contributed by atoms with E-state index in [4.69, 9.17) is 0 Å². The van der Waals surface area contributed by atoms with Crippen molar-refractivity contribution >= 4 is 5.69 Å². The summed E-state index contributed by atoms with van der Waals surface area (Å²) in [5.41, 5.74) is 0.768. The lowest BCUT2D eigenvalue weighted by Crippen LogP contribution is -2.07. The van der Waals surface area contributed by atoms with Gasteiger partial charge in [0.2, 0.25) is 0 Å². The Kier molecular flexibility index (Phi) is 4.32. The topological polar surface area (TPSA) is 65.4 Å². The number of aliphatic hydroxyl groups excluding tert-OH is 1. The van der Waals surface area contributed by atoms with Crippen LogP contribution in [0, 0.1) is 24.4 Å². The third kappa shape index (κ3) is 2.92. The lowest BCUT2D eigenvalue weighted by Gasteiger charge is -2.13. The van der Waals surface area contributed by atoms with E-state index in [1.54, 1.807) is 6.92 Å². The highest BCUT2D eigenvalue weighted by Gasteiger charge is 2.15. The van der Waals surface area contributed by atoms with Gasteiger partial charge in [0.1, 0.15) is 5.75 Å². The summed E-state index contributed by atoms with van der Waals surface area (Å²) in [6, 6.07) is 1.85. The van der Waals surface area contributed by atoms with Crippen molar-refractivity contribution in [3.63, 3.8) is 0 Å². The summed E-state index contributed by atoms with van der Waals surface area (Å²) >= 11 is 0. The molecule has 2 aromatic rings. The highest BCUT2D eigenvalue weighted by molar-refractivity contribution is 5.48. The van der Waals surface area contributed by atoms with Gasteiger partial charge in [-0.3, -0.25) is 4.98 Å². The number of anilines is 1. The van der Waals surface area contributed by atoms with E-state index in [1.165, 1.54) is 6.20 Å². The molecule has 0 saturated carbocycles. The number of halogens is 3. The molecule has 21 heavy (non-hydrogen) atoms. The number of rotatable bonds is 4. The molecule has 1 aromatic carbocycles. The summed E-state index contributed by atoms with van der Waals surface area (Å²) < 4.78 is 39.5. The van der Waals surface area contributed by atoms with Crippen LogP contribution in [0.25, 0.3) is 0 Å². The second-order valence-electron chi connectivity index (χ2n) is 4.43. The van der Waals surface area contributed by atoms with Crippen molar-refractivity contribution in [2.24, 2.45) is 0 Å². The van der Waals surface area contributed by atoms with Crippen LogP contribution in [0.5, 0.6) is 5.75 Å². The predicted octanol–water partition coefficient (Wildman–Crippen LogP) is 2.62. The van der Waals surface area contributed by atoms with E-state index in [2.05, 4.69) is 10.3 Å². The number of aliphatic hydroxyl groups is 1. The van der Waals surface area contributed by atoms with Crippen molar-refractivity contribution in [1.82, 2.24) is 4.98 Å². The minimum Gasteiger partial charge on any atom is -0.506 e. The van der Waals surface area contributed by atoms with Gasteiger partial charge in [0.15, 0.2) is 17.5 Å². The van der Waals surface area contributed by atoms with Crippen molar-refractivity contribution < 1.29 is 23.4 Å². The second kappa shape index (κ2) is 6.01. The molecule has 4 nitrogen and oxygen atoms in total. The summed E-state index contributed by atoms with van der Waals surface area (Å²) in [4.78, 5) is 3.89. The van der Waals surface area contributed by atoms with Gasteiger partial charge >= 0.3 is 0 Å². The number of benzene rings is 1. The zero-order chi connectivity index (χ0) is 15.6. The van der Waals surface area contributed by atoms with Gasteiger partial charge in [-0.15, -0.1) is 0 Å². The number of aromatic nitrogens is 1. The van der Waals surface area contributed by atoms with Crippen LogP contribution in [0.4, 0.5) is 18.9 Å². The van der Waals surface area contributed by atoms with Gasteiger partial charge in [0, 0.05) is 23.9 Å². The summed E-state index contributed by atoms with van der Waals surface area (Å²) in [7, 11) is 0. The smallest absolute Gasteiger partial charge is 0.196 e. The van der Waals surface area contributed by atoms with E-state index in [-0.39, 0.29) is 24.6 Å². The number of aromatic hydroxyl groups is 1. The maximum Gasteiger partial charge on any atom is 0.196 e. The third-order valence-electron chi connectivity index (χ3n) is 3.09. The molecule has 0 radical (unpaired) electrons. The van der Waals surface area contributed by atoms with Crippen molar-refractivity contribution in [2.45, 2.75) is 20.1 Å². The Bertz CT molecular complexity index is 678. The van der Waals surface area contributed by atoms with Crippen LogP contribution < -0.4 is 5.32 Å². The van der Waals surface area contributed by atoms with Crippen LogP contribution in [0.15, 0.2) is 18.3 Å². The molecule has 0 spiro atoms. The molecule has 0 saturated heterocycles. The fraction of sp³-hybridized carbons (Fsp3) is 0.214. The lowest BCUT2D eigenvalue weighted by atomic mass is 10.1. The van der Waals surface area contributed by atoms with Crippen molar-refractivity contribution in [1.29, 1.82) is 0 Å². The number of hydrogen-bond donors (Lipinski definition) is 3. The molecule has 3 N–H and O–H groups in total. The van der Waals surface area contributed by atoms with Crippen LogP contribution in [0.2, 0.25) is 0 Å². The van der Waals surface area contributed by atoms with Crippen LogP contribution >= 0.6 is 0 Å². The van der Waals surface area contributed by atoms with Gasteiger partial charge < -0.3 is 15.5 Å². The summed E-state index contributed by atoms with van der Waals surface area (Å²) in [6.07, 6.45) is 1.38. The Labute approximate surface area is 118 Å². The maximum atomic E-state index is 13.5. The minimum absolute atomic E-state index is 0.0763. The first kappa shape index (κ1) is 15.1. The van der Waals surface area contributed by atoms with Gasteiger partial charge in [-0.2, -0.15) is 0 Å². The van der Waals surface area contributed by atoms with E-state index in [0.29, 0.717) is 16.8 Å². The first-order valence-electron chi connectivity index (χ1n) is 6.10. The molecule has 0 amide bonds. The monoisotopic (exact) mass is 298 g/mol. The number of aryl methyl sites for hydroxylation is 1. The Morgan fingerprint density at radius 2 is 1.90 bits per heavy atom. The Morgan fingerprint density at radius 1 is 1.19 bits per heavy atom. The molecule has 0 aliphatic rings. The SMILES string of the molecule is Cc1ncc(CO)c(CNc2ccc(F)c(F)c2F)c1O. The number of nitrogens with zero attached hydrogens (tertiary/aromatic N) is 1. The molecule has 0 fully saturated rings. The van der Waals surface area contributed by atoms with Gasteiger partial charge in [-0.25, -0.2) is 13.2 Å². The Hall–Kier alpha value is -2.28. The van der Waals surface area contributed by atoms with E-state index in [0.717, 1.165) is 12.1 Å². The maximum absolute atomic E-state index is 13.5. The van der Waals surface area contributed by atoms with Crippen LogP contribution in [-0.2, 0) is 13.2 Å². The molecule has 7 heteroatoms. The van der Waals surface area contributed by atoms with Crippen molar-refractivity contribution in [2.75, 3.05) is 5.32 Å². The standard InChI is InChI=1S/C14H13F3N2O2/c1-7-14(21)9(8(6-20)4-18-7)5-19-11-3-2-10(15)12(16)13(11)17/h2-4,19-21H,5-6H2,1H3.